The number of benzene rings is 2. The van der Waals surface area contributed by atoms with Crippen LogP contribution >= 0.6 is 0 Å². The first-order valence-corrected chi connectivity index (χ1v) is 26.0. The molecule has 1 aliphatic carbocycles. The molecule has 12 heteroatoms. The maximum atomic E-state index is 14.2. The van der Waals surface area contributed by atoms with Crippen molar-refractivity contribution in [2.75, 3.05) is 31.7 Å². The number of Topliss-reactive ketones (excluding diaryl/α,β-unsaturated/α-hetero) is 1. The van der Waals surface area contributed by atoms with Gasteiger partial charge in [0.15, 0.2) is 28.8 Å². The van der Waals surface area contributed by atoms with Crippen LogP contribution in [0.4, 0.5) is 11.4 Å². The number of carbonyl (C=O) groups is 1. The number of rotatable bonds is 36. The van der Waals surface area contributed by atoms with Crippen LogP contribution < -0.4 is 35.5 Å². The van der Waals surface area contributed by atoms with E-state index < -0.39 is 17.1 Å². The highest BCUT2D eigenvalue weighted by molar-refractivity contribution is 6.13. The van der Waals surface area contributed by atoms with Gasteiger partial charge in [0.2, 0.25) is 5.88 Å². The molecule has 0 atom stereocenters. The van der Waals surface area contributed by atoms with E-state index in [-0.39, 0.29) is 11.3 Å². The predicted molar refractivity (Wildman–Crippen MR) is 274 cm³/mol. The van der Waals surface area contributed by atoms with Crippen LogP contribution in [0.5, 0.6) is 28.9 Å². The van der Waals surface area contributed by atoms with Crippen LogP contribution in [0.1, 0.15) is 203 Å². The van der Waals surface area contributed by atoms with Gasteiger partial charge in [-0.3, -0.25) is 23.7 Å². The molecular formula is C55H84N4O8. The molecule has 0 unspecified atom stereocenters. The van der Waals surface area contributed by atoms with Gasteiger partial charge in [-0.1, -0.05) is 156 Å². The average Bonchev–Trinajstić information content (AvgIpc) is 3.64. The molecule has 1 aromatic heterocycles. The summed E-state index contributed by atoms with van der Waals surface area (Å²) in [6.07, 6.45) is 30.7. The molecule has 0 fully saturated rings. The third kappa shape index (κ3) is 17.9. The number of carbonyl (C=O) groups excluding carboxylic acids is 1. The molecule has 0 aliphatic heterocycles. The van der Waals surface area contributed by atoms with Crippen LogP contribution in [0.25, 0.3) is 0 Å². The van der Waals surface area contributed by atoms with Crippen LogP contribution in [0.15, 0.2) is 50.6 Å². The number of fused-ring (bicyclic) bond motifs is 1. The Morgan fingerprint density at radius 2 is 0.985 bits per heavy atom. The van der Waals surface area contributed by atoms with E-state index >= 15 is 0 Å². The minimum atomic E-state index is -0.681. The molecule has 0 radical (unpaired) electrons. The number of unbranched alkanes of at least 4 members (excludes halogenated alkanes) is 20. The Bertz CT molecular complexity index is 2140. The number of nitrogens with one attached hydrogen (secondary N) is 1. The van der Waals surface area contributed by atoms with E-state index in [0.29, 0.717) is 78.4 Å². The second kappa shape index (κ2) is 31.1. The number of nitrogens with zero attached hydrogens (tertiary/aromatic N) is 3. The summed E-state index contributed by atoms with van der Waals surface area (Å²) in [5, 5.41) is 14.2. The zero-order valence-electron chi connectivity index (χ0n) is 42.1. The Morgan fingerprint density at radius 1 is 0.567 bits per heavy atom. The number of hydrogen-bond donors (Lipinski definition) is 2. The van der Waals surface area contributed by atoms with Gasteiger partial charge in [0.05, 0.1) is 37.8 Å². The highest BCUT2D eigenvalue weighted by Crippen LogP contribution is 2.41. The van der Waals surface area contributed by atoms with Gasteiger partial charge in [-0.25, -0.2) is 4.79 Å². The van der Waals surface area contributed by atoms with Gasteiger partial charge in [0.1, 0.15) is 5.56 Å². The lowest BCUT2D eigenvalue weighted by Gasteiger charge is -2.17. The van der Waals surface area contributed by atoms with Crippen LogP contribution in [-0.4, -0.2) is 52.7 Å². The van der Waals surface area contributed by atoms with E-state index in [1.165, 1.54) is 110 Å². The van der Waals surface area contributed by atoms with E-state index in [4.69, 9.17) is 23.9 Å². The summed E-state index contributed by atoms with van der Waals surface area (Å²) in [6, 6.07) is 7.42. The van der Waals surface area contributed by atoms with E-state index in [0.717, 1.165) is 78.9 Å². The average molecular weight is 929 g/mol. The lowest BCUT2D eigenvalue weighted by atomic mass is 10.1. The molecule has 67 heavy (non-hydrogen) atoms. The van der Waals surface area contributed by atoms with Crippen molar-refractivity contribution >= 4 is 23.4 Å². The molecule has 4 rings (SSSR count). The standard InChI is InChI=1S/C55H84N4O8/c1-7-11-15-19-23-27-31-64-48-36-42-35-43(52(60)44(42)37-49(48)65-32-28-24-20-16-12-8-2)40-56-46-38-50(66-33-29-25-21-17-13-9-3)51(67-34-30-26-22-18-14-10-4)39-47(46)57-41-45-53(61)58(5)55(63)59(6)54(45)62/h36-41,56,61H,7-35H2,1-6H3/b43-40-,57-41?. The zero-order chi connectivity index (χ0) is 48.2. The molecule has 2 N–H and O–H groups in total. The van der Waals surface area contributed by atoms with Gasteiger partial charge in [-0.2, -0.15) is 0 Å². The van der Waals surface area contributed by atoms with Crippen molar-refractivity contribution in [3.8, 4) is 28.9 Å². The lowest BCUT2D eigenvalue weighted by Crippen LogP contribution is -2.38. The monoisotopic (exact) mass is 929 g/mol. The SMILES string of the molecule is CCCCCCCCOc1cc2c(cc1OCCCCCCCC)C(=O)/C(=C\Nc1cc(OCCCCCCCC)c(OCCCCCCCC)cc1N=Cc1c(O)n(C)c(=O)n(C)c1=O)C2. The van der Waals surface area contributed by atoms with Gasteiger partial charge < -0.3 is 29.4 Å². The van der Waals surface area contributed by atoms with Gasteiger partial charge in [0, 0.05) is 56.2 Å². The number of aromatic nitrogens is 2. The van der Waals surface area contributed by atoms with E-state index in [1.54, 1.807) is 12.3 Å². The molecule has 1 aliphatic rings. The molecule has 0 saturated heterocycles. The second-order valence-electron chi connectivity index (χ2n) is 18.3. The van der Waals surface area contributed by atoms with Crippen LogP contribution in [0.3, 0.4) is 0 Å². The Hall–Kier alpha value is -5.00. The summed E-state index contributed by atoms with van der Waals surface area (Å²) in [5.41, 5.74) is 1.45. The Morgan fingerprint density at radius 3 is 1.46 bits per heavy atom. The van der Waals surface area contributed by atoms with Crippen molar-refractivity contribution in [2.45, 2.75) is 188 Å². The van der Waals surface area contributed by atoms with Crippen molar-refractivity contribution in [1.29, 1.82) is 0 Å². The summed E-state index contributed by atoms with van der Waals surface area (Å²) < 4.78 is 27.5. The quantitative estimate of drug-likeness (QED) is 0.0331. The summed E-state index contributed by atoms with van der Waals surface area (Å²) >= 11 is 0. The molecular weight excluding hydrogens is 845 g/mol. The number of aliphatic imine (C=N–C) groups is 1. The highest BCUT2D eigenvalue weighted by Gasteiger charge is 2.28. The topological polar surface area (TPSA) is 143 Å². The van der Waals surface area contributed by atoms with Gasteiger partial charge in [0.25, 0.3) is 5.56 Å². The van der Waals surface area contributed by atoms with Gasteiger partial charge >= 0.3 is 5.69 Å². The maximum absolute atomic E-state index is 14.2. The molecule has 2 aromatic carbocycles. The summed E-state index contributed by atoms with van der Waals surface area (Å²) in [7, 11) is 2.75. The summed E-state index contributed by atoms with van der Waals surface area (Å²) in [4.78, 5) is 44.6. The summed E-state index contributed by atoms with van der Waals surface area (Å²) in [5.74, 6) is 1.74. The second-order valence-corrected chi connectivity index (χ2v) is 18.3. The Kier molecular flexibility index (Phi) is 25.4. The minimum Gasteiger partial charge on any atom is -0.494 e. The fraction of sp³-hybridized carbons (Fsp3) is 0.636. The molecule has 0 spiro atoms. The lowest BCUT2D eigenvalue weighted by molar-refractivity contribution is 0.103. The maximum Gasteiger partial charge on any atom is 0.333 e. The van der Waals surface area contributed by atoms with Crippen LogP contribution in [0.2, 0.25) is 0 Å². The number of anilines is 1. The smallest absolute Gasteiger partial charge is 0.333 e. The molecule has 3 aromatic rings. The van der Waals surface area contributed by atoms with Crippen molar-refractivity contribution in [3.05, 3.63) is 73.6 Å². The fourth-order valence-corrected chi connectivity index (χ4v) is 8.29. The molecule has 0 saturated carbocycles. The van der Waals surface area contributed by atoms with Gasteiger partial charge in [-0.05, 0) is 43.4 Å². The molecule has 12 nitrogen and oxygen atoms in total. The largest absolute Gasteiger partial charge is 0.494 e. The van der Waals surface area contributed by atoms with Crippen molar-refractivity contribution in [3.63, 3.8) is 0 Å². The van der Waals surface area contributed by atoms with E-state index in [9.17, 15) is 19.5 Å². The molecule has 0 amide bonds. The zero-order valence-corrected chi connectivity index (χ0v) is 42.1. The molecule has 372 valence electrons. The fourth-order valence-electron chi connectivity index (χ4n) is 8.29. The first kappa shape index (κ1) is 54.6. The first-order valence-electron chi connectivity index (χ1n) is 26.0. The number of ketones is 1. The van der Waals surface area contributed by atoms with E-state index in [1.807, 2.05) is 18.2 Å². The molecule has 1 heterocycles. The van der Waals surface area contributed by atoms with Crippen LogP contribution in [0, 0.1) is 0 Å². The predicted octanol–water partition coefficient (Wildman–Crippen LogP) is 13.2. The van der Waals surface area contributed by atoms with E-state index in [2.05, 4.69) is 33.0 Å². The van der Waals surface area contributed by atoms with Crippen molar-refractivity contribution < 1.29 is 28.8 Å². The number of ether oxygens (including phenoxy) is 4. The number of hydrogen-bond acceptors (Lipinski definition) is 10. The first-order chi connectivity index (χ1) is 32.6. The van der Waals surface area contributed by atoms with Gasteiger partial charge in [-0.15, -0.1) is 0 Å². The normalized spacial score (nSPS) is 12.9. The van der Waals surface area contributed by atoms with Crippen molar-refractivity contribution in [1.82, 2.24) is 9.13 Å². The Balaban J connectivity index is 1.66. The minimum absolute atomic E-state index is 0.100. The third-order valence-electron chi connectivity index (χ3n) is 12.6. The third-order valence-corrected chi connectivity index (χ3v) is 12.6. The van der Waals surface area contributed by atoms with Crippen LogP contribution in [-0.2, 0) is 20.5 Å². The van der Waals surface area contributed by atoms with Crippen molar-refractivity contribution in [2.24, 2.45) is 19.1 Å². The number of aromatic hydroxyl groups is 1. The Labute approximate surface area is 401 Å². The number of allylic oxidation sites excluding steroid dienone is 1. The molecule has 0 bridgehead atoms. The summed E-state index contributed by atoms with van der Waals surface area (Å²) in [6.45, 7) is 11.0. The highest BCUT2D eigenvalue weighted by atomic mass is 16.5.